The fourth-order valence-electron chi connectivity index (χ4n) is 3.88. The lowest BCUT2D eigenvalue weighted by atomic mass is 9.84. The molecule has 0 radical (unpaired) electrons. The number of nitrogens with one attached hydrogen (secondary N) is 2. The van der Waals surface area contributed by atoms with E-state index in [9.17, 15) is 4.79 Å². The number of ether oxygens (including phenoxy) is 1. The molecule has 1 amide bonds. The minimum Gasteiger partial charge on any atom is -0.496 e. The van der Waals surface area contributed by atoms with Crippen LogP contribution in [0.4, 0.5) is 0 Å². The number of rotatable bonds is 7. The number of aryl methyl sites for hydroxylation is 1. The lowest BCUT2D eigenvalue weighted by molar-refractivity contribution is -0.138. The molecule has 2 N–H and O–H groups in total. The standard InChI is InChI=1S/C21H34N4O2/c1-16-8-9-18(27-5)17(14-16)10-13-23-20(22-2)24-15-21(11-6-7-12-21)19(26)25(3)4/h8-9,14H,6-7,10-13,15H2,1-5H3,(H2,22,23,24). The first-order chi connectivity index (χ1) is 12.9. The molecule has 0 aliphatic heterocycles. The van der Waals surface area contributed by atoms with Gasteiger partial charge in [0, 0.05) is 34.2 Å². The summed E-state index contributed by atoms with van der Waals surface area (Å²) < 4.78 is 5.45. The van der Waals surface area contributed by atoms with Crippen molar-refractivity contribution in [1.82, 2.24) is 15.5 Å². The molecule has 0 unspecified atom stereocenters. The zero-order valence-electron chi connectivity index (χ0n) is 17.4. The monoisotopic (exact) mass is 374 g/mol. The van der Waals surface area contributed by atoms with Gasteiger partial charge in [0.2, 0.25) is 5.91 Å². The number of aliphatic imine (C=N–C) groups is 1. The summed E-state index contributed by atoms with van der Waals surface area (Å²) in [5, 5.41) is 6.73. The molecule has 2 rings (SSSR count). The Labute approximate surface area is 163 Å². The number of amides is 1. The Hall–Kier alpha value is -2.24. The van der Waals surface area contributed by atoms with E-state index in [0.717, 1.165) is 50.4 Å². The maximum absolute atomic E-state index is 12.7. The molecule has 0 bridgehead atoms. The molecule has 27 heavy (non-hydrogen) atoms. The third kappa shape index (κ3) is 5.37. The molecular formula is C21H34N4O2. The minimum atomic E-state index is -0.305. The maximum Gasteiger partial charge on any atom is 0.230 e. The Bertz CT molecular complexity index is 664. The van der Waals surface area contributed by atoms with Crippen molar-refractivity contribution >= 4 is 11.9 Å². The van der Waals surface area contributed by atoms with Crippen molar-refractivity contribution in [3.8, 4) is 5.75 Å². The molecule has 1 aliphatic rings. The second kappa shape index (κ2) is 9.62. The molecule has 0 aromatic heterocycles. The third-order valence-electron chi connectivity index (χ3n) is 5.36. The smallest absolute Gasteiger partial charge is 0.230 e. The first-order valence-corrected chi connectivity index (χ1v) is 9.71. The van der Waals surface area contributed by atoms with E-state index in [4.69, 9.17) is 4.74 Å². The van der Waals surface area contributed by atoms with E-state index in [0.29, 0.717) is 6.54 Å². The molecule has 0 heterocycles. The molecule has 0 spiro atoms. The summed E-state index contributed by atoms with van der Waals surface area (Å²) in [6.07, 6.45) is 4.94. The molecule has 1 aromatic rings. The molecule has 1 aromatic carbocycles. The number of methoxy groups -OCH3 is 1. The summed E-state index contributed by atoms with van der Waals surface area (Å²) in [6.45, 7) is 3.45. The van der Waals surface area contributed by atoms with Crippen molar-refractivity contribution in [3.05, 3.63) is 29.3 Å². The second-order valence-electron chi connectivity index (χ2n) is 7.60. The number of nitrogens with zero attached hydrogens (tertiary/aromatic N) is 2. The Morgan fingerprint density at radius 2 is 1.96 bits per heavy atom. The highest BCUT2D eigenvalue weighted by molar-refractivity contribution is 5.85. The molecule has 6 heteroatoms. The van der Waals surface area contributed by atoms with Crippen molar-refractivity contribution < 1.29 is 9.53 Å². The highest BCUT2D eigenvalue weighted by atomic mass is 16.5. The first kappa shape index (κ1) is 21.1. The first-order valence-electron chi connectivity index (χ1n) is 9.71. The Kier molecular flexibility index (Phi) is 7.51. The van der Waals surface area contributed by atoms with Crippen LogP contribution in [0.15, 0.2) is 23.2 Å². The van der Waals surface area contributed by atoms with Gasteiger partial charge in [-0.05, 0) is 37.8 Å². The van der Waals surface area contributed by atoms with Gasteiger partial charge in [-0.15, -0.1) is 0 Å². The summed E-state index contributed by atoms with van der Waals surface area (Å²) in [5.74, 6) is 1.86. The number of benzene rings is 1. The topological polar surface area (TPSA) is 66.0 Å². The molecule has 1 fully saturated rings. The van der Waals surface area contributed by atoms with Gasteiger partial charge in [-0.25, -0.2) is 0 Å². The molecular weight excluding hydrogens is 340 g/mol. The van der Waals surface area contributed by atoms with Gasteiger partial charge < -0.3 is 20.3 Å². The van der Waals surface area contributed by atoms with Crippen LogP contribution in [0.1, 0.15) is 36.8 Å². The Balaban J connectivity index is 1.91. The highest BCUT2D eigenvalue weighted by Gasteiger charge is 2.42. The predicted molar refractivity (Wildman–Crippen MR) is 110 cm³/mol. The quantitative estimate of drug-likeness (QED) is 0.568. The number of hydrogen-bond acceptors (Lipinski definition) is 3. The van der Waals surface area contributed by atoms with Crippen LogP contribution in [-0.2, 0) is 11.2 Å². The van der Waals surface area contributed by atoms with Gasteiger partial charge in [0.05, 0.1) is 12.5 Å². The molecule has 1 aliphatic carbocycles. The summed E-state index contributed by atoms with van der Waals surface area (Å²) in [4.78, 5) is 18.7. The van der Waals surface area contributed by atoms with E-state index in [1.54, 1.807) is 19.1 Å². The minimum absolute atomic E-state index is 0.215. The maximum atomic E-state index is 12.7. The van der Waals surface area contributed by atoms with Crippen molar-refractivity contribution in [2.75, 3.05) is 41.3 Å². The van der Waals surface area contributed by atoms with E-state index >= 15 is 0 Å². The van der Waals surface area contributed by atoms with E-state index < -0.39 is 0 Å². The largest absolute Gasteiger partial charge is 0.496 e. The van der Waals surface area contributed by atoms with Crippen LogP contribution in [0.25, 0.3) is 0 Å². The van der Waals surface area contributed by atoms with Crippen LogP contribution in [0.3, 0.4) is 0 Å². The van der Waals surface area contributed by atoms with Gasteiger partial charge in [0.1, 0.15) is 5.75 Å². The van der Waals surface area contributed by atoms with Crippen LogP contribution in [0.5, 0.6) is 5.75 Å². The average molecular weight is 375 g/mol. The SMILES string of the molecule is CN=C(NCCc1cc(C)ccc1OC)NCC1(C(=O)N(C)C)CCCC1. The van der Waals surface area contributed by atoms with Gasteiger partial charge in [-0.3, -0.25) is 9.79 Å². The predicted octanol–water partition coefficient (Wildman–Crippen LogP) is 2.36. The van der Waals surface area contributed by atoms with Gasteiger partial charge >= 0.3 is 0 Å². The van der Waals surface area contributed by atoms with Gasteiger partial charge in [0.15, 0.2) is 5.96 Å². The molecule has 6 nitrogen and oxygen atoms in total. The Morgan fingerprint density at radius 1 is 1.26 bits per heavy atom. The summed E-state index contributed by atoms with van der Waals surface area (Å²) in [6, 6.07) is 6.22. The molecule has 0 atom stereocenters. The average Bonchev–Trinajstić information content (AvgIpc) is 3.14. The lowest BCUT2D eigenvalue weighted by Crippen LogP contribution is -2.49. The molecule has 0 saturated heterocycles. The molecule has 1 saturated carbocycles. The van der Waals surface area contributed by atoms with E-state index in [2.05, 4.69) is 34.7 Å². The van der Waals surface area contributed by atoms with Crippen molar-refractivity contribution in [3.63, 3.8) is 0 Å². The second-order valence-corrected chi connectivity index (χ2v) is 7.60. The summed E-state index contributed by atoms with van der Waals surface area (Å²) in [5.41, 5.74) is 2.09. The van der Waals surface area contributed by atoms with Gasteiger partial charge in [-0.2, -0.15) is 0 Å². The zero-order valence-corrected chi connectivity index (χ0v) is 17.4. The van der Waals surface area contributed by atoms with E-state index in [1.807, 2.05) is 20.2 Å². The van der Waals surface area contributed by atoms with Crippen molar-refractivity contribution in [2.45, 2.75) is 39.0 Å². The van der Waals surface area contributed by atoms with E-state index in [1.165, 1.54) is 11.1 Å². The highest BCUT2D eigenvalue weighted by Crippen LogP contribution is 2.38. The van der Waals surface area contributed by atoms with Crippen LogP contribution < -0.4 is 15.4 Å². The summed E-state index contributed by atoms with van der Waals surface area (Å²) >= 11 is 0. The number of hydrogen-bond donors (Lipinski definition) is 2. The Morgan fingerprint density at radius 3 is 2.56 bits per heavy atom. The number of carbonyl (C=O) groups excluding carboxylic acids is 1. The number of carbonyl (C=O) groups is 1. The van der Waals surface area contributed by atoms with E-state index in [-0.39, 0.29) is 11.3 Å². The fraction of sp³-hybridized carbons (Fsp3) is 0.619. The van der Waals surface area contributed by atoms with Crippen molar-refractivity contribution in [1.29, 1.82) is 0 Å². The van der Waals surface area contributed by atoms with Crippen molar-refractivity contribution in [2.24, 2.45) is 10.4 Å². The summed E-state index contributed by atoms with van der Waals surface area (Å²) in [7, 11) is 7.14. The third-order valence-corrected chi connectivity index (χ3v) is 5.36. The number of guanidine groups is 1. The van der Waals surface area contributed by atoms with Crippen LogP contribution in [-0.4, -0.2) is 58.1 Å². The van der Waals surface area contributed by atoms with Crippen LogP contribution in [0, 0.1) is 12.3 Å². The lowest BCUT2D eigenvalue weighted by Gasteiger charge is -2.31. The normalized spacial score (nSPS) is 16.1. The fourth-order valence-corrected chi connectivity index (χ4v) is 3.88. The van der Waals surface area contributed by atoms with Crippen LogP contribution in [0.2, 0.25) is 0 Å². The zero-order chi connectivity index (χ0) is 19.9. The molecule has 150 valence electrons. The van der Waals surface area contributed by atoms with Gasteiger partial charge in [0.25, 0.3) is 0 Å². The van der Waals surface area contributed by atoms with Gasteiger partial charge in [-0.1, -0.05) is 30.5 Å². The van der Waals surface area contributed by atoms with Crippen LogP contribution >= 0.6 is 0 Å².